The van der Waals surface area contributed by atoms with E-state index in [4.69, 9.17) is 5.26 Å². The van der Waals surface area contributed by atoms with E-state index in [0.29, 0.717) is 18.6 Å². The lowest BCUT2D eigenvalue weighted by molar-refractivity contribution is 0.180. The number of rotatable bonds is 3. The van der Waals surface area contributed by atoms with Gasteiger partial charge in [-0.3, -0.25) is 4.90 Å². The highest BCUT2D eigenvalue weighted by Crippen LogP contribution is 2.27. The Kier molecular flexibility index (Phi) is 4.00. The topological polar surface area (TPSA) is 39.1 Å². The van der Waals surface area contributed by atoms with Crippen molar-refractivity contribution in [3.63, 3.8) is 0 Å². The van der Waals surface area contributed by atoms with E-state index in [2.05, 4.69) is 10.2 Å². The minimum Gasteiger partial charge on any atom is -0.308 e. The summed E-state index contributed by atoms with van der Waals surface area (Å²) in [5.74, 6) is -0.435. The normalized spacial score (nSPS) is 26.2. The van der Waals surface area contributed by atoms with Gasteiger partial charge in [-0.15, -0.1) is 0 Å². The van der Waals surface area contributed by atoms with E-state index in [-0.39, 0.29) is 5.56 Å². The molecule has 2 atom stereocenters. The Balaban J connectivity index is 1.61. The van der Waals surface area contributed by atoms with Gasteiger partial charge in [0, 0.05) is 25.2 Å². The largest absolute Gasteiger partial charge is 0.308 e. The van der Waals surface area contributed by atoms with Gasteiger partial charge < -0.3 is 5.32 Å². The van der Waals surface area contributed by atoms with E-state index < -0.39 is 5.82 Å². The number of halogens is 1. The van der Waals surface area contributed by atoms with Crippen molar-refractivity contribution < 1.29 is 4.39 Å². The summed E-state index contributed by atoms with van der Waals surface area (Å²) in [5.41, 5.74) is 1.12. The zero-order valence-corrected chi connectivity index (χ0v) is 11.6. The molecule has 2 unspecified atom stereocenters. The van der Waals surface area contributed by atoms with Crippen molar-refractivity contribution in [2.45, 2.75) is 44.3 Å². The lowest BCUT2D eigenvalue weighted by Crippen LogP contribution is -2.44. The molecule has 2 saturated heterocycles. The molecule has 2 aliphatic rings. The molecule has 2 heterocycles. The van der Waals surface area contributed by atoms with E-state index in [9.17, 15) is 4.39 Å². The molecular weight excluding hydrogens is 253 g/mol. The van der Waals surface area contributed by atoms with Crippen LogP contribution >= 0.6 is 0 Å². The molecule has 1 N–H and O–H groups in total. The van der Waals surface area contributed by atoms with Crippen LogP contribution in [-0.2, 0) is 6.54 Å². The number of piperidine rings is 1. The van der Waals surface area contributed by atoms with Crippen LogP contribution in [0.3, 0.4) is 0 Å². The summed E-state index contributed by atoms with van der Waals surface area (Å²) >= 11 is 0. The smallest absolute Gasteiger partial charge is 0.140 e. The SMILES string of the molecule is N#Cc1cc(CNC2CCN3CCCCC23)ccc1F. The average molecular weight is 273 g/mol. The van der Waals surface area contributed by atoms with Crippen LogP contribution in [0.2, 0.25) is 0 Å². The van der Waals surface area contributed by atoms with Gasteiger partial charge in [0.25, 0.3) is 0 Å². The maximum Gasteiger partial charge on any atom is 0.140 e. The van der Waals surface area contributed by atoms with Gasteiger partial charge in [0.05, 0.1) is 5.56 Å². The molecule has 20 heavy (non-hydrogen) atoms. The number of hydrogen-bond acceptors (Lipinski definition) is 3. The van der Waals surface area contributed by atoms with Crippen molar-refractivity contribution in [2.75, 3.05) is 13.1 Å². The lowest BCUT2D eigenvalue weighted by Gasteiger charge is -2.32. The first-order valence-electron chi connectivity index (χ1n) is 7.44. The number of benzene rings is 1. The van der Waals surface area contributed by atoms with Crippen LogP contribution in [0.25, 0.3) is 0 Å². The highest BCUT2D eigenvalue weighted by molar-refractivity contribution is 5.34. The zero-order valence-electron chi connectivity index (χ0n) is 11.6. The molecule has 0 amide bonds. The molecule has 2 aliphatic heterocycles. The monoisotopic (exact) mass is 273 g/mol. The molecule has 0 radical (unpaired) electrons. The highest BCUT2D eigenvalue weighted by atomic mass is 19.1. The van der Waals surface area contributed by atoms with Crippen molar-refractivity contribution in [3.8, 4) is 6.07 Å². The van der Waals surface area contributed by atoms with Gasteiger partial charge in [-0.2, -0.15) is 5.26 Å². The van der Waals surface area contributed by atoms with Crippen molar-refractivity contribution in [1.29, 1.82) is 5.26 Å². The number of nitriles is 1. The van der Waals surface area contributed by atoms with Gasteiger partial charge in [-0.25, -0.2) is 4.39 Å². The molecular formula is C16H20FN3. The first-order valence-corrected chi connectivity index (χ1v) is 7.44. The molecule has 2 fully saturated rings. The maximum absolute atomic E-state index is 13.3. The Bertz CT molecular complexity index is 523. The second-order valence-electron chi connectivity index (χ2n) is 5.80. The van der Waals surface area contributed by atoms with E-state index in [0.717, 1.165) is 5.56 Å². The second-order valence-corrected chi connectivity index (χ2v) is 5.80. The molecule has 4 heteroatoms. The predicted molar refractivity (Wildman–Crippen MR) is 75.6 cm³/mol. The van der Waals surface area contributed by atoms with Crippen LogP contribution in [-0.4, -0.2) is 30.1 Å². The van der Waals surface area contributed by atoms with Crippen molar-refractivity contribution >= 4 is 0 Å². The average Bonchev–Trinajstić information content (AvgIpc) is 2.90. The summed E-state index contributed by atoms with van der Waals surface area (Å²) in [7, 11) is 0. The van der Waals surface area contributed by atoms with E-state index in [1.54, 1.807) is 12.1 Å². The first kappa shape index (κ1) is 13.5. The molecule has 3 rings (SSSR count). The minimum absolute atomic E-state index is 0.134. The van der Waals surface area contributed by atoms with Crippen LogP contribution in [0.4, 0.5) is 4.39 Å². The molecule has 0 spiro atoms. The second kappa shape index (κ2) is 5.90. The summed E-state index contributed by atoms with van der Waals surface area (Å²) < 4.78 is 13.3. The Morgan fingerprint density at radius 1 is 1.30 bits per heavy atom. The number of nitrogens with one attached hydrogen (secondary N) is 1. The Labute approximate surface area is 119 Å². The number of hydrogen-bond donors (Lipinski definition) is 1. The molecule has 0 aliphatic carbocycles. The Morgan fingerprint density at radius 2 is 2.20 bits per heavy atom. The third-order valence-corrected chi connectivity index (χ3v) is 4.58. The van der Waals surface area contributed by atoms with Gasteiger partial charge in [0.15, 0.2) is 0 Å². The van der Waals surface area contributed by atoms with Crippen LogP contribution in [0.15, 0.2) is 18.2 Å². The summed E-state index contributed by atoms with van der Waals surface area (Å²) in [4.78, 5) is 2.59. The van der Waals surface area contributed by atoms with E-state index >= 15 is 0 Å². The molecule has 0 saturated carbocycles. The molecule has 3 nitrogen and oxygen atoms in total. The maximum atomic E-state index is 13.3. The predicted octanol–water partition coefficient (Wildman–Crippen LogP) is 2.41. The standard InChI is InChI=1S/C16H20FN3/c17-14-5-4-12(9-13(14)10-18)11-19-15-6-8-20-7-2-1-3-16(15)20/h4-5,9,15-16,19H,1-3,6-8,11H2. The molecule has 0 bridgehead atoms. The minimum atomic E-state index is -0.435. The molecule has 1 aromatic carbocycles. The molecule has 1 aromatic rings. The van der Waals surface area contributed by atoms with Crippen molar-refractivity contribution in [3.05, 3.63) is 35.1 Å². The third-order valence-electron chi connectivity index (χ3n) is 4.58. The lowest BCUT2D eigenvalue weighted by atomic mass is 9.99. The van der Waals surface area contributed by atoms with Crippen LogP contribution in [0.5, 0.6) is 0 Å². The van der Waals surface area contributed by atoms with Gasteiger partial charge in [-0.05, 0) is 43.5 Å². The number of nitrogens with zero attached hydrogens (tertiary/aromatic N) is 2. The fourth-order valence-electron chi connectivity index (χ4n) is 3.50. The first-order chi connectivity index (χ1) is 9.78. The third kappa shape index (κ3) is 2.70. The number of fused-ring (bicyclic) bond motifs is 1. The zero-order chi connectivity index (χ0) is 13.9. The fourth-order valence-corrected chi connectivity index (χ4v) is 3.50. The van der Waals surface area contributed by atoms with Crippen LogP contribution in [0, 0.1) is 17.1 Å². The van der Waals surface area contributed by atoms with E-state index in [1.165, 1.54) is 44.8 Å². The Morgan fingerprint density at radius 3 is 3.05 bits per heavy atom. The fraction of sp³-hybridized carbons (Fsp3) is 0.562. The molecule has 106 valence electrons. The van der Waals surface area contributed by atoms with Crippen molar-refractivity contribution in [2.24, 2.45) is 0 Å². The van der Waals surface area contributed by atoms with Crippen LogP contribution < -0.4 is 5.32 Å². The summed E-state index contributed by atoms with van der Waals surface area (Å²) in [6.45, 7) is 3.14. The summed E-state index contributed by atoms with van der Waals surface area (Å²) in [5, 5.41) is 12.5. The van der Waals surface area contributed by atoms with Gasteiger partial charge in [0.1, 0.15) is 11.9 Å². The van der Waals surface area contributed by atoms with Gasteiger partial charge >= 0.3 is 0 Å². The molecule has 0 aromatic heterocycles. The quantitative estimate of drug-likeness (QED) is 0.919. The summed E-state index contributed by atoms with van der Waals surface area (Å²) in [6, 6.07) is 7.89. The Hall–Kier alpha value is -1.44. The van der Waals surface area contributed by atoms with E-state index in [1.807, 2.05) is 6.07 Å². The summed E-state index contributed by atoms with van der Waals surface area (Å²) in [6.07, 6.45) is 5.13. The van der Waals surface area contributed by atoms with Gasteiger partial charge in [-0.1, -0.05) is 12.5 Å². The van der Waals surface area contributed by atoms with Crippen molar-refractivity contribution in [1.82, 2.24) is 10.2 Å². The van der Waals surface area contributed by atoms with Crippen LogP contribution in [0.1, 0.15) is 36.8 Å². The van der Waals surface area contributed by atoms with Gasteiger partial charge in [0.2, 0.25) is 0 Å². The highest BCUT2D eigenvalue weighted by Gasteiger charge is 2.34.